The topological polar surface area (TPSA) is 46.6 Å². The van der Waals surface area contributed by atoms with Crippen LogP contribution in [-0.2, 0) is 11.2 Å². The number of carbonyl (C=O) groups is 2. The van der Waals surface area contributed by atoms with E-state index in [1.54, 1.807) is 17.9 Å². The molecule has 0 unspecified atom stereocenters. The molecule has 2 aromatic rings. The van der Waals surface area contributed by atoms with Crippen molar-refractivity contribution < 1.29 is 14.3 Å². The minimum Gasteiger partial charge on any atom is -0.483 e. The lowest BCUT2D eigenvalue weighted by molar-refractivity contribution is -0.120. The first kappa shape index (κ1) is 16.2. The molecule has 1 amide bonds. The van der Waals surface area contributed by atoms with Crippen molar-refractivity contribution in [2.24, 2.45) is 0 Å². The van der Waals surface area contributed by atoms with Gasteiger partial charge >= 0.3 is 0 Å². The Bertz CT molecular complexity index is 790. The quantitative estimate of drug-likeness (QED) is 0.809. The second-order valence-electron chi connectivity index (χ2n) is 6.20. The molecule has 0 aliphatic carbocycles. The standard InChI is InChI=1S/C20H21NO3/c1-13-5-4-6-14(2)20(13)24-12-19(23)21-10-9-17-11-16(15(3)22)7-8-18(17)21/h4-8,11H,9-10,12H2,1-3H3. The van der Waals surface area contributed by atoms with Crippen LogP contribution >= 0.6 is 0 Å². The second-order valence-corrected chi connectivity index (χ2v) is 6.20. The Morgan fingerprint density at radius 1 is 1.12 bits per heavy atom. The molecule has 2 aromatic carbocycles. The number of amides is 1. The number of nitrogens with zero attached hydrogens (tertiary/aromatic N) is 1. The van der Waals surface area contributed by atoms with Crippen molar-refractivity contribution in [2.75, 3.05) is 18.1 Å². The molecule has 0 saturated carbocycles. The van der Waals surface area contributed by atoms with E-state index in [2.05, 4.69) is 0 Å². The van der Waals surface area contributed by atoms with Gasteiger partial charge in [-0.25, -0.2) is 0 Å². The normalized spacial score (nSPS) is 12.9. The molecule has 1 aliphatic rings. The predicted molar refractivity (Wildman–Crippen MR) is 93.9 cm³/mol. The van der Waals surface area contributed by atoms with E-state index in [9.17, 15) is 9.59 Å². The smallest absolute Gasteiger partial charge is 0.264 e. The van der Waals surface area contributed by atoms with Crippen LogP contribution in [0.1, 0.15) is 34.0 Å². The SMILES string of the molecule is CC(=O)c1ccc2c(c1)CCN2C(=O)COc1c(C)cccc1C. The van der Waals surface area contributed by atoms with Gasteiger partial charge in [0.25, 0.3) is 5.91 Å². The molecule has 0 fully saturated rings. The Morgan fingerprint density at radius 2 is 1.83 bits per heavy atom. The van der Waals surface area contributed by atoms with Crippen LogP contribution in [-0.4, -0.2) is 24.8 Å². The van der Waals surface area contributed by atoms with Gasteiger partial charge in [0.2, 0.25) is 0 Å². The molecule has 0 radical (unpaired) electrons. The molecule has 1 heterocycles. The monoisotopic (exact) mass is 323 g/mol. The maximum absolute atomic E-state index is 12.6. The number of rotatable bonds is 4. The van der Waals surface area contributed by atoms with E-state index in [0.717, 1.165) is 34.5 Å². The number of para-hydroxylation sites is 1. The summed E-state index contributed by atoms with van der Waals surface area (Å²) in [5, 5.41) is 0. The molecule has 1 aliphatic heterocycles. The van der Waals surface area contributed by atoms with Crippen LogP contribution in [0.4, 0.5) is 5.69 Å². The second kappa shape index (κ2) is 6.48. The van der Waals surface area contributed by atoms with Gasteiger partial charge in [0.15, 0.2) is 12.4 Å². The van der Waals surface area contributed by atoms with Crippen molar-refractivity contribution in [2.45, 2.75) is 27.2 Å². The summed E-state index contributed by atoms with van der Waals surface area (Å²) in [6, 6.07) is 11.4. The van der Waals surface area contributed by atoms with Crippen LogP contribution < -0.4 is 9.64 Å². The van der Waals surface area contributed by atoms with Crippen LogP contribution in [0.25, 0.3) is 0 Å². The number of benzene rings is 2. The summed E-state index contributed by atoms with van der Waals surface area (Å²) in [5.74, 6) is 0.755. The number of aryl methyl sites for hydroxylation is 2. The number of carbonyl (C=O) groups excluding carboxylic acids is 2. The fourth-order valence-electron chi connectivity index (χ4n) is 3.12. The van der Waals surface area contributed by atoms with Gasteiger partial charge in [0, 0.05) is 17.8 Å². The molecule has 0 bridgehead atoms. The van der Waals surface area contributed by atoms with Gasteiger partial charge in [0.1, 0.15) is 5.75 Å². The number of ketones is 1. The molecular formula is C20H21NO3. The first-order valence-electron chi connectivity index (χ1n) is 8.10. The van der Waals surface area contributed by atoms with Crippen LogP contribution in [0.5, 0.6) is 5.75 Å². The Kier molecular flexibility index (Phi) is 4.38. The zero-order chi connectivity index (χ0) is 17.3. The lowest BCUT2D eigenvalue weighted by Crippen LogP contribution is -2.33. The van der Waals surface area contributed by atoms with Gasteiger partial charge in [-0.1, -0.05) is 18.2 Å². The van der Waals surface area contributed by atoms with E-state index in [4.69, 9.17) is 4.74 Å². The van der Waals surface area contributed by atoms with E-state index >= 15 is 0 Å². The van der Waals surface area contributed by atoms with Gasteiger partial charge in [0.05, 0.1) is 0 Å². The highest BCUT2D eigenvalue weighted by atomic mass is 16.5. The summed E-state index contributed by atoms with van der Waals surface area (Å²) >= 11 is 0. The van der Waals surface area contributed by atoms with Crippen molar-refractivity contribution in [3.8, 4) is 5.75 Å². The Labute approximate surface area is 142 Å². The summed E-state index contributed by atoms with van der Waals surface area (Å²) in [6.07, 6.45) is 0.769. The number of hydrogen-bond donors (Lipinski definition) is 0. The van der Waals surface area contributed by atoms with E-state index in [1.165, 1.54) is 0 Å². The van der Waals surface area contributed by atoms with E-state index in [-0.39, 0.29) is 18.3 Å². The highest BCUT2D eigenvalue weighted by molar-refractivity contribution is 5.99. The Balaban J connectivity index is 1.73. The van der Waals surface area contributed by atoms with Crippen molar-refractivity contribution in [3.63, 3.8) is 0 Å². The minimum absolute atomic E-state index is 0.0135. The van der Waals surface area contributed by atoms with Gasteiger partial charge < -0.3 is 9.64 Å². The van der Waals surface area contributed by atoms with E-state index in [0.29, 0.717) is 12.1 Å². The van der Waals surface area contributed by atoms with Gasteiger partial charge in [-0.2, -0.15) is 0 Å². The van der Waals surface area contributed by atoms with Crippen LogP contribution in [0, 0.1) is 13.8 Å². The van der Waals surface area contributed by atoms with Crippen molar-refractivity contribution in [1.29, 1.82) is 0 Å². The van der Waals surface area contributed by atoms with E-state index < -0.39 is 0 Å². The lowest BCUT2D eigenvalue weighted by Gasteiger charge is -2.19. The summed E-state index contributed by atoms with van der Waals surface area (Å²) in [7, 11) is 0. The highest BCUT2D eigenvalue weighted by Crippen LogP contribution is 2.29. The summed E-state index contributed by atoms with van der Waals surface area (Å²) in [4.78, 5) is 25.8. The maximum atomic E-state index is 12.6. The van der Waals surface area contributed by atoms with Crippen LogP contribution in [0.2, 0.25) is 0 Å². The molecule has 4 heteroatoms. The molecule has 3 rings (SSSR count). The third kappa shape index (κ3) is 3.04. The third-order valence-corrected chi connectivity index (χ3v) is 4.43. The number of ether oxygens (including phenoxy) is 1. The maximum Gasteiger partial charge on any atom is 0.264 e. The van der Waals surface area contributed by atoms with Crippen molar-refractivity contribution >= 4 is 17.4 Å². The van der Waals surface area contributed by atoms with Gasteiger partial charge in [-0.05, 0) is 62.1 Å². The number of Topliss-reactive ketones (excluding diaryl/α,β-unsaturated/α-hetero) is 1. The van der Waals surface area contributed by atoms with Gasteiger partial charge in [-0.15, -0.1) is 0 Å². The fraction of sp³-hybridized carbons (Fsp3) is 0.300. The zero-order valence-corrected chi connectivity index (χ0v) is 14.3. The molecule has 0 aromatic heterocycles. The average Bonchev–Trinajstić information content (AvgIpc) is 2.97. The summed E-state index contributed by atoms with van der Waals surface area (Å²) in [6.45, 7) is 6.14. The zero-order valence-electron chi connectivity index (χ0n) is 14.3. The Morgan fingerprint density at radius 3 is 2.50 bits per heavy atom. The molecule has 0 N–H and O–H groups in total. The summed E-state index contributed by atoms with van der Waals surface area (Å²) < 4.78 is 5.77. The highest BCUT2D eigenvalue weighted by Gasteiger charge is 2.25. The van der Waals surface area contributed by atoms with Gasteiger partial charge in [-0.3, -0.25) is 9.59 Å². The van der Waals surface area contributed by atoms with Crippen molar-refractivity contribution in [1.82, 2.24) is 0 Å². The predicted octanol–water partition coefficient (Wildman–Crippen LogP) is 3.47. The summed E-state index contributed by atoms with van der Waals surface area (Å²) in [5.41, 5.74) is 4.67. The first-order valence-corrected chi connectivity index (χ1v) is 8.10. The third-order valence-electron chi connectivity index (χ3n) is 4.43. The largest absolute Gasteiger partial charge is 0.483 e. The Hall–Kier alpha value is -2.62. The molecule has 0 atom stereocenters. The van der Waals surface area contributed by atoms with E-state index in [1.807, 2.05) is 44.2 Å². The molecule has 24 heavy (non-hydrogen) atoms. The number of hydrogen-bond acceptors (Lipinski definition) is 3. The first-order chi connectivity index (χ1) is 11.5. The van der Waals surface area contributed by atoms with Crippen LogP contribution in [0.3, 0.4) is 0 Å². The minimum atomic E-state index is -0.0630. The molecular weight excluding hydrogens is 302 g/mol. The lowest BCUT2D eigenvalue weighted by atomic mass is 10.1. The molecule has 0 spiro atoms. The number of fused-ring (bicyclic) bond motifs is 1. The molecule has 124 valence electrons. The fourth-order valence-corrected chi connectivity index (χ4v) is 3.12. The van der Waals surface area contributed by atoms with Crippen molar-refractivity contribution in [3.05, 3.63) is 58.7 Å². The molecule has 0 saturated heterocycles. The van der Waals surface area contributed by atoms with Crippen LogP contribution in [0.15, 0.2) is 36.4 Å². The average molecular weight is 323 g/mol. The molecule has 4 nitrogen and oxygen atoms in total. The number of anilines is 1.